The summed E-state index contributed by atoms with van der Waals surface area (Å²) >= 11 is 0. The zero-order chi connectivity index (χ0) is 21.2. The molecular weight excluding hydrogens is 379 g/mol. The van der Waals surface area contributed by atoms with Gasteiger partial charge in [-0.15, -0.1) is 0 Å². The van der Waals surface area contributed by atoms with E-state index in [2.05, 4.69) is 29.7 Å². The highest BCUT2D eigenvalue weighted by Gasteiger charge is 2.33. The highest BCUT2D eigenvalue weighted by atomic mass is 19.4. The van der Waals surface area contributed by atoms with Crippen LogP contribution in [0.25, 0.3) is 0 Å². The second-order valence-corrected chi connectivity index (χ2v) is 7.90. The molecule has 1 amide bonds. The summed E-state index contributed by atoms with van der Waals surface area (Å²) in [6.45, 7) is 5.09. The maximum absolute atomic E-state index is 13.0. The molecular formula is C22H28F3N3O. The lowest BCUT2D eigenvalue weighted by Gasteiger charge is -2.30. The van der Waals surface area contributed by atoms with Crippen LogP contribution in [-0.2, 0) is 25.6 Å². The Morgan fingerprint density at radius 1 is 1.14 bits per heavy atom. The molecule has 158 valence electrons. The van der Waals surface area contributed by atoms with Gasteiger partial charge in [-0.1, -0.05) is 19.9 Å². The molecule has 1 saturated carbocycles. The van der Waals surface area contributed by atoms with Crippen LogP contribution >= 0.6 is 0 Å². The lowest BCUT2D eigenvalue weighted by molar-refractivity contribution is -0.137. The van der Waals surface area contributed by atoms with Gasteiger partial charge in [0.15, 0.2) is 0 Å². The topological polar surface area (TPSA) is 60.9 Å². The number of nitrogens with two attached hydrogens (primary N) is 1. The highest BCUT2D eigenvalue weighted by molar-refractivity contribution is 5.94. The van der Waals surface area contributed by atoms with Crippen molar-refractivity contribution in [2.75, 3.05) is 0 Å². The number of aryl methyl sites for hydroxylation is 2. The first-order valence-electron chi connectivity index (χ1n) is 10.3. The SMILES string of the molecule is CCc1cc(CC)n(C[C@H]2CC[C@H](c3ccc(C(F)(F)F)cc3C(N)=O)CC2)n1. The van der Waals surface area contributed by atoms with Gasteiger partial charge in [-0.3, -0.25) is 9.48 Å². The normalized spacial score (nSPS) is 20.0. The van der Waals surface area contributed by atoms with E-state index in [4.69, 9.17) is 5.73 Å². The zero-order valence-electron chi connectivity index (χ0n) is 16.9. The molecule has 1 fully saturated rings. The Bertz CT molecular complexity index is 865. The molecule has 1 heterocycles. The quantitative estimate of drug-likeness (QED) is 0.724. The Morgan fingerprint density at radius 2 is 1.83 bits per heavy atom. The van der Waals surface area contributed by atoms with Crippen molar-refractivity contribution in [2.24, 2.45) is 11.7 Å². The van der Waals surface area contributed by atoms with Crippen molar-refractivity contribution in [3.05, 3.63) is 52.3 Å². The Morgan fingerprint density at radius 3 is 2.38 bits per heavy atom. The average Bonchev–Trinajstić information content (AvgIpc) is 3.09. The number of hydrogen-bond acceptors (Lipinski definition) is 2. The number of amides is 1. The van der Waals surface area contributed by atoms with Crippen molar-refractivity contribution < 1.29 is 18.0 Å². The van der Waals surface area contributed by atoms with E-state index in [1.54, 1.807) is 0 Å². The van der Waals surface area contributed by atoms with Crippen molar-refractivity contribution in [3.8, 4) is 0 Å². The van der Waals surface area contributed by atoms with Crippen LogP contribution in [-0.4, -0.2) is 15.7 Å². The van der Waals surface area contributed by atoms with E-state index in [0.29, 0.717) is 11.5 Å². The summed E-state index contributed by atoms with van der Waals surface area (Å²) in [5, 5.41) is 4.69. The molecule has 2 aromatic rings. The van der Waals surface area contributed by atoms with Crippen LogP contribution in [0.1, 0.15) is 78.3 Å². The lowest BCUT2D eigenvalue weighted by Crippen LogP contribution is -2.22. The maximum Gasteiger partial charge on any atom is 0.416 e. The van der Waals surface area contributed by atoms with E-state index >= 15 is 0 Å². The molecule has 1 aliphatic rings. The molecule has 1 aromatic carbocycles. The Balaban J connectivity index is 1.71. The first-order valence-corrected chi connectivity index (χ1v) is 10.3. The molecule has 1 aromatic heterocycles. The summed E-state index contributed by atoms with van der Waals surface area (Å²) in [6, 6.07) is 5.54. The molecule has 0 bridgehead atoms. The standard InChI is InChI=1S/C22H28F3N3O/c1-3-17-12-18(4-2)28(27-17)13-14-5-7-15(8-6-14)19-10-9-16(22(23,24)25)11-20(19)21(26)29/h9-12,14-15H,3-8,13H2,1-2H3,(H2,26,29)/t14-,15-. The van der Waals surface area contributed by atoms with Gasteiger partial charge in [0.25, 0.3) is 0 Å². The van der Waals surface area contributed by atoms with Gasteiger partial charge in [0, 0.05) is 17.8 Å². The predicted octanol–water partition coefficient (Wildman–Crippen LogP) is 5.10. The van der Waals surface area contributed by atoms with Crippen LogP contribution in [0.5, 0.6) is 0 Å². The Kier molecular flexibility index (Phi) is 6.34. The van der Waals surface area contributed by atoms with E-state index < -0.39 is 17.6 Å². The zero-order valence-corrected chi connectivity index (χ0v) is 16.9. The molecule has 3 rings (SSSR count). The summed E-state index contributed by atoms with van der Waals surface area (Å²) in [4.78, 5) is 11.8. The molecule has 7 heteroatoms. The fourth-order valence-electron chi connectivity index (χ4n) is 4.33. The van der Waals surface area contributed by atoms with Gasteiger partial charge in [-0.25, -0.2) is 0 Å². The molecule has 0 atom stereocenters. The summed E-state index contributed by atoms with van der Waals surface area (Å²) in [7, 11) is 0. The number of primary amides is 1. The van der Waals surface area contributed by atoms with Crippen molar-refractivity contribution in [1.29, 1.82) is 0 Å². The summed E-state index contributed by atoms with van der Waals surface area (Å²) in [5.74, 6) is -0.261. The maximum atomic E-state index is 13.0. The van der Waals surface area contributed by atoms with Gasteiger partial charge in [-0.05, 0) is 74.1 Å². The fourth-order valence-corrected chi connectivity index (χ4v) is 4.33. The van der Waals surface area contributed by atoms with Crippen molar-refractivity contribution in [2.45, 2.75) is 71.0 Å². The molecule has 0 saturated heterocycles. The second kappa shape index (κ2) is 8.59. The third-order valence-corrected chi connectivity index (χ3v) is 6.00. The average molecular weight is 407 g/mol. The lowest BCUT2D eigenvalue weighted by atomic mass is 9.77. The number of benzene rings is 1. The van der Waals surface area contributed by atoms with Gasteiger partial charge in [0.2, 0.25) is 5.91 Å². The van der Waals surface area contributed by atoms with E-state index in [1.807, 2.05) is 0 Å². The minimum Gasteiger partial charge on any atom is -0.366 e. The monoisotopic (exact) mass is 407 g/mol. The van der Waals surface area contributed by atoms with Gasteiger partial charge < -0.3 is 5.73 Å². The molecule has 29 heavy (non-hydrogen) atoms. The third-order valence-electron chi connectivity index (χ3n) is 6.00. The fraction of sp³-hybridized carbons (Fsp3) is 0.545. The van der Waals surface area contributed by atoms with Gasteiger partial charge in [-0.2, -0.15) is 18.3 Å². The molecule has 0 radical (unpaired) electrons. The van der Waals surface area contributed by atoms with Gasteiger partial charge >= 0.3 is 6.18 Å². The molecule has 0 unspecified atom stereocenters. The van der Waals surface area contributed by atoms with Gasteiger partial charge in [0.1, 0.15) is 0 Å². The number of rotatable bonds is 6. The number of hydrogen-bond donors (Lipinski definition) is 1. The summed E-state index contributed by atoms with van der Waals surface area (Å²) < 4.78 is 41.1. The number of halogens is 3. The Hall–Kier alpha value is -2.31. The number of nitrogens with zero attached hydrogens (tertiary/aromatic N) is 2. The van der Waals surface area contributed by atoms with Crippen LogP contribution < -0.4 is 5.73 Å². The number of carbonyl (C=O) groups is 1. The van der Waals surface area contributed by atoms with Crippen molar-refractivity contribution >= 4 is 5.91 Å². The van der Waals surface area contributed by atoms with Crippen LogP contribution in [0.3, 0.4) is 0 Å². The number of alkyl halides is 3. The van der Waals surface area contributed by atoms with Crippen molar-refractivity contribution in [1.82, 2.24) is 9.78 Å². The first kappa shape index (κ1) is 21.4. The minimum atomic E-state index is -4.49. The van der Waals surface area contributed by atoms with E-state index in [1.165, 1.54) is 11.8 Å². The van der Waals surface area contributed by atoms with Crippen LogP contribution in [0.2, 0.25) is 0 Å². The van der Waals surface area contributed by atoms with Crippen LogP contribution in [0.4, 0.5) is 13.2 Å². The molecule has 4 nitrogen and oxygen atoms in total. The first-order chi connectivity index (χ1) is 13.7. The van der Waals surface area contributed by atoms with E-state index in [-0.39, 0.29) is 11.5 Å². The van der Waals surface area contributed by atoms with Crippen LogP contribution in [0, 0.1) is 5.92 Å². The molecule has 2 N–H and O–H groups in total. The van der Waals surface area contributed by atoms with E-state index in [0.717, 1.165) is 62.9 Å². The molecule has 1 aliphatic carbocycles. The number of carbonyl (C=O) groups excluding carboxylic acids is 1. The molecule has 0 spiro atoms. The molecule has 0 aliphatic heterocycles. The highest BCUT2D eigenvalue weighted by Crippen LogP contribution is 2.39. The Labute approximate surface area is 169 Å². The largest absolute Gasteiger partial charge is 0.416 e. The van der Waals surface area contributed by atoms with Crippen LogP contribution in [0.15, 0.2) is 24.3 Å². The van der Waals surface area contributed by atoms with Gasteiger partial charge in [0.05, 0.1) is 11.3 Å². The number of aromatic nitrogens is 2. The summed E-state index contributed by atoms with van der Waals surface area (Å²) in [6.07, 6.45) is 0.937. The smallest absolute Gasteiger partial charge is 0.366 e. The summed E-state index contributed by atoms with van der Waals surface area (Å²) in [5.41, 5.74) is 7.54. The van der Waals surface area contributed by atoms with E-state index in [9.17, 15) is 18.0 Å². The second-order valence-electron chi connectivity index (χ2n) is 7.90. The minimum absolute atomic E-state index is 0.00351. The third kappa shape index (κ3) is 4.82. The van der Waals surface area contributed by atoms with Crippen molar-refractivity contribution in [3.63, 3.8) is 0 Å². The predicted molar refractivity (Wildman–Crippen MR) is 106 cm³/mol.